The summed E-state index contributed by atoms with van der Waals surface area (Å²) in [6.07, 6.45) is 2.42. The molecular formula is C29H33NO4. The summed E-state index contributed by atoms with van der Waals surface area (Å²) in [7, 11) is 1.61. The van der Waals surface area contributed by atoms with Gasteiger partial charge in [-0.2, -0.15) is 0 Å². The molecule has 1 unspecified atom stereocenters. The zero-order valence-corrected chi connectivity index (χ0v) is 19.9. The Hall–Kier alpha value is -3.57. The van der Waals surface area contributed by atoms with Crippen LogP contribution in [-0.2, 0) is 16.0 Å². The lowest BCUT2D eigenvalue weighted by Crippen LogP contribution is -2.37. The van der Waals surface area contributed by atoms with Crippen LogP contribution in [0.15, 0.2) is 91.5 Å². The number of ether oxygens (including phenoxy) is 3. The number of benzene rings is 3. The van der Waals surface area contributed by atoms with E-state index in [-0.39, 0.29) is 18.6 Å². The van der Waals surface area contributed by atoms with Crippen LogP contribution in [0.3, 0.4) is 0 Å². The van der Waals surface area contributed by atoms with Gasteiger partial charge in [0.1, 0.15) is 12.7 Å². The van der Waals surface area contributed by atoms with Crippen molar-refractivity contribution in [2.75, 3.05) is 20.3 Å². The molecule has 0 aliphatic carbocycles. The van der Waals surface area contributed by atoms with Crippen LogP contribution in [-0.4, -0.2) is 32.3 Å². The first-order chi connectivity index (χ1) is 16.6. The minimum absolute atomic E-state index is 0.0436. The van der Waals surface area contributed by atoms with Gasteiger partial charge >= 0.3 is 5.97 Å². The summed E-state index contributed by atoms with van der Waals surface area (Å²) >= 11 is 0. The van der Waals surface area contributed by atoms with Crippen molar-refractivity contribution >= 4 is 5.97 Å². The predicted molar refractivity (Wildman–Crippen MR) is 135 cm³/mol. The highest BCUT2D eigenvalue weighted by molar-refractivity contribution is 5.69. The quantitative estimate of drug-likeness (QED) is 0.270. The summed E-state index contributed by atoms with van der Waals surface area (Å²) in [4.78, 5) is 12.1. The van der Waals surface area contributed by atoms with Gasteiger partial charge in [0.2, 0.25) is 0 Å². The molecule has 178 valence electrons. The molecule has 1 atom stereocenters. The number of esters is 1. The summed E-state index contributed by atoms with van der Waals surface area (Å²) in [6, 6.07) is 26.2. The second-order valence-electron chi connectivity index (χ2n) is 7.92. The molecule has 34 heavy (non-hydrogen) atoms. The molecule has 0 aliphatic heterocycles. The third-order valence-corrected chi connectivity index (χ3v) is 5.44. The van der Waals surface area contributed by atoms with Crippen LogP contribution in [0.2, 0.25) is 0 Å². The minimum atomic E-state index is -0.472. The van der Waals surface area contributed by atoms with E-state index >= 15 is 0 Å². The van der Waals surface area contributed by atoms with Crippen molar-refractivity contribution in [1.29, 1.82) is 0 Å². The number of nitrogens with one attached hydrogen (secondary N) is 1. The molecule has 0 saturated carbocycles. The van der Waals surface area contributed by atoms with Gasteiger partial charge in [0.25, 0.3) is 0 Å². The second-order valence-corrected chi connectivity index (χ2v) is 7.92. The first kappa shape index (κ1) is 25.1. The summed E-state index contributed by atoms with van der Waals surface area (Å²) in [5.74, 6) is 0.981. The zero-order chi connectivity index (χ0) is 24.2. The van der Waals surface area contributed by atoms with E-state index in [2.05, 4.69) is 36.2 Å². The number of carbonyl (C=O) groups excluding carboxylic acids is 1. The number of rotatable bonds is 13. The van der Waals surface area contributed by atoms with Gasteiger partial charge in [0.15, 0.2) is 11.5 Å². The van der Waals surface area contributed by atoms with E-state index in [1.54, 1.807) is 14.0 Å². The molecule has 0 amide bonds. The fourth-order valence-corrected chi connectivity index (χ4v) is 3.68. The average molecular weight is 460 g/mol. The van der Waals surface area contributed by atoms with Gasteiger partial charge in [0, 0.05) is 13.0 Å². The fraction of sp³-hybridized carbons (Fsp3) is 0.276. The third-order valence-electron chi connectivity index (χ3n) is 5.44. The summed E-state index contributed by atoms with van der Waals surface area (Å²) in [6.45, 7) is 6.19. The monoisotopic (exact) mass is 459 g/mol. The lowest BCUT2D eigenvalue weighted by atomic mass is 9.98. The Morgan fingerprint density at radius 3 is 2.18 bits per heavy atom. The van der Waals surface area contributed by atoms with Crippen molar-refractivity contribution < 1.29 is 19.0 Å². The minimum Gasteiger partial charge on any atom is -0.493 e. The molecule has 0 aromatic heterocycles. The lowest BCUT2D eigenvalue weighted by molar-refractivity contribution is -0.150. The van der Waals surface area contributed by atoms with Gasteiger partial charge in [-0.05, 0) is 35.2 Å². The first-order valence-electron chi connectivity index (χ1n) is 11.6. The van der Waals surface area contributed by atoms with Crippen molar-refractivity contribution in [2.45, 2.75) is 31.9 Å². The van der Waals surface area contributed by atoms with Crippen molar-refractivity contribution in [3.8, 4) is 11.5 Å². The first-order valence-corrected chi connectivity index (χ1v) is 11.6. The van der Waals surface area contributed by atoms with Crippen LogP contribution in [0.5, 0.6) is 11.5 Å². The normalized spacial score (nSPS) is 11.6. The molecule has 0 saturated heterocycles. The van der Waals surface area contributed by atoms with Crippen LogP contribution >= 0.6 is 0 Å². The molecule has 0 radical (unpaired) electrons. The summed E-state index contributed by atoms with van der Waals surface area (Å²) in [5.41, 5.74) is 3.35. The Kier molecular flexibility index (Phi) is 9.74. The number of hydrogen-bond acceptors (Lipinski definition) is 5. The summed E-state index contributed by atoms with van der Waals surface area (Å²) < 4.78 is 17.2. The van der Waals surface area contributed by atoms with E-state index < -0.39 is 6.10 Å². The lowest BCUT2D eigenvalue weighted by Gasteiger charge is -2.24. The number of carbonyl (C=O) groups is 1. The van der Waals surface area contributed by atoms with Gasteiger partial charge in [0.05, 0.1) is 13.2 Å². The standard InChI is InChI=1S/C29H33NO4/c1-4-12-22-17-18-26(27(19-22)32-3)33-21-25(34-28(31)5-2)20-30-29(23-13-8-6-9-14-23)24-15-10-7-11-16-24/h4,6-11,13-19,25,29-30H,1,5,12,20-21H2,2-3H3. The fourth-order valence-electron chi connectivity index (χ4n) is 3.68. The van der Waals surface area contributed by atoms with Gasteiger partial charge in [-0.3, -0.25) is 4.79 Å². The highest BCUT2D eigenvalue weighted by atomic mass is 16.6. The van der Waals surface area contributed by atoms with E-state index in [0.717, 1.165) is 23.1 Å². The molecule has 0 fully saturated rings. The maximum absolute atomic E-state index is 12.1. The van der Waals surface area contributed by atoms with Crippen molar-refractivity contribution in [3.63, 3.8) is 0 Å². The SMILES string of the molecule is C=CCc1ccc(OCC(CNC(c2ccccc2)c2ccccc2)OC(=O)CC)c(OC)c1. The maximum Gasteiger partial charge on any atom is 0.305 e. The molecule has 5 nitrogen and oxygen atoms in total. The average Bonchev–Trinajstić information content (AvgIpc) is 2.89. The van der Waals surface area contributed by atoms with E-state index in [1.165, 1.54) is 0 Å². The Bertz CT molecular complexity index is 997. The van der Waals surface area contributed by atoms with E-state index in [4.69, 9.17) is 14.2 Å². The van der Waals surface area contributed by atoms with Gasteiger partial charge < -0.3 is 19.5 Å². The highest BCUT2D eigenvalue weighted by Gasteiger charge is 2.20. The Morgan fingerprint density at radius 2 is 1.62 bits per heavy atom. The van der Waals surface area contributed by atoms with Gasteiger partial charge in [-0.1, -0.05) is 79.7 Å². The molecular weight excluding hydrogens is 426 g/mol. The molecule has 0 spiro atoms. The number of methoxy groups -OCH3 is 1. The van der Waals surface area contributed by atoms with Crippen LogP contribution in [0.4, 0.5) is 0 Å². The van der Waals surface area contributed by atoms with Crippen molar-refractivity contribution in [3.05, 3.63) is 108 Å². The zero-order valence-electron chi connectivity index (χ0n) is 19.9. The second kappa shape index (κ2) is 13.2. The summed E-state index contributed by atoms with van der Waals surface area (Å²) in [5, 5.41) is 3.57. The third kappa shape index (κ3) is 7.22. The van der Waals surface area contributed by atoms with Crippen LogP contribution in [0.25, 0.3) is 0 Å². The molecule has 3 aromatic rings. The van der Waals surface area contributed by atoms with E-state index in [0.29, 0.717) is 24.5 Å². The van der Waals surface area contributed by atoms with Crippen molar-refractivity contribution in [2.24, 2.45) is 0 Å². The van der Waals surface area contributed by atoms with Crippen LogP contribution in [0.1, 0.15) is 36.1 Å². The maximum atomic E-state index is 12.1. The molecule has 5 heteroatoms. The number of hydrogen-bond donors (Lipinski definition) is 1. The molecule has 0 bridgehead atoms. The topological polar surface area (TPSA) is 56.8 Å². The molecule has 1 N–H and O–H groups in total. The number of allylic oxidation sites excluding steroid dienone is 1. The molecule has 0 aliphatic rings. The van der Waals surface area contributed by atoms with Crippen LogP contribution < -0.4 is 14.8 Å². The molecule has 3 aromatic carbocycles. The molecule has 3 rings (SSSR count). The largest absolute Gasteiger partial charge is 0.493 e. The Labute approximate surface area is 202 Å². The predicted octanol–water partition coefficient (Wildman–Crippen LogP) is 5.50. The van der Waals surface area contributed by atoms with E-state index in [9.17, 15) is 4.79 Å². The van der Waals surface area contributed by atoms with Crippen molar-refractivity contribution in [1.82, 2.24) is 5.32 Å². The van der Waals surface area contributed by atoms with Gasteiger partial charge in [-0.25, -0.2) is 0 Å². The van der Waals surface area contributed by atoms with Crippen LogP contribution in [0, 0.1) is 0 Å². The highest BCUT2D eigenvalue weighted by Crippen LogP contribution is 2.29. The smallest absolute Gasteiger partial charge is 0.305 e. The Morgan fingerprint density at radius 1 is 0.971 bits per heavy atom. The molecule has 0 heterocycles. The Balaban J connectivity index is 1.74. The van der Waals surface area contributed by atoms with Gasteiger partial charge in [-0.15, -0.1) is 6.58 Å². The van der Waals surface area contributed by atoms with E-state index in [1.807, 2.05) is 60.7 Å².